The van der Waals surface area contributed by atoms with E-state index >= 15 is 0 Å². The van der Waals surface area contributed by atoms with Gasteiger partial charge in [-0.2, -0.15) is 0 Å². The lowest BCUT2D eigenvalue weighted by atomic mass is 9.84. The highest BCUT2D eigenvalue weighted by molar-refractivity contribution is 5.94. The van der Waals surface area contributed by atoms with Crippen molar-refractivity contribution in [1.82, 2.24) is 4.90 Å². The Balaban J connectivity index is 1.90. The molecule has 0 bridgehead atoms. The van der Waals surface area contributed by atoms with Crippen molar-refractivity contribution in [2.45, 2.75) is 51.7 Å². The van der Waals surface area contributed by atoms with Crippen molar-refractivity contribution < 1.29 is 14.3 Å². The Morgan fingerprint density at radius 2 is 1.59 bits per heavy atom. The Kier molecular flexibility index (Phi) is 5.36. The number of carbonyl (C=O) groups is 2. The number of hydrogen-bond acceptors (Lipinski definition) is 3. The number of hydrogen-bond donors (Lipinski definition) is 0. The van der Waals surface area contributed by atoms with E-state index in [9.17, 15) is 9.59 Å². The Hall–Kier alpha value is -2.62. The Morgan fingerprint density at radius 3 is 2.15 bits per heavy atom. The molecule has 2 atom stereocenters. The molecule has 27 heavy (non-hydrogen) atoms. The van der Waals surface area contributed by atoms with Crippen LogP contribution in [0.5, 0.6) is 0 Å². The van der Waals surface area contributed by atoms with E-state index < -0.39 is 17.7 Å². The second kappa shape index (κ2) is 7.55. The van der Waals surface area contributed by atoms with Crippen LogP contribution in [0.25, 0.3) is 0 Å². The maximum absolute atomic E-state index is 13.2. The van der Waals surface area contributed by atoms with Crippen molar-refractivity contribution in [2.75, 3.05) is 0 Å². The molecule has 2 amide bonds. The molecule has 1 fully saturated rings. The van der Waals surface area contributed by atoms with E-state index in [1.807, 2.05) is 74.5 Å². The molecule has 0 aliphatic carbocycles. The van der Waals surface area contributed by atoms with Gasteiger partial charge in [0.1, 0.15) is 11.6 Å². The summed E-state index contributed by atoms with van der Waals surface area (Å²) >= 11 is 0. The number of amides is 2. The fourth-order valence-corrected chi connectivity index (χ4v) is 3.90. The predicted molar refractivity (Wildman–Crippen MR) is 105 cm³/mol. The van der Waals surface area contributed by atoms with Crippen LogP contribution in [0, 0.1) is 5.92 Å². The maximum atomic E-state index is 13.2. The molecule has 3 rings (SSSR count). The standard InChI is InChI=1S/C23H27NO3/c1-16(2)19(17-11-7-5-8-12-17)15-20(25)24-21(18-13-9-6-10-14-18)23(3,4)27-22(24)26/h5-14,16,19,21H,15H2,1-4H3/t19-,21+/m1/s1. The van der Waals surface area contributed by atoms with E-state index in [0.717, 1.165) is 11.1 Å². The lowest BCUT2D eigenvalue weighted by molar-refractivity contribution is -0.130. The van der Waals surface area contributed by atoms with E-state index in [2.05, 4.69) is 13.8 Å². The van der Waals surface area contributed by atoms with Crippen LogP contribution in [0.1, 0.15) is 57.2 Å². The molecule has 0 spiro atoms. The highest BCUT2D eigenvalue weighted by Gasteiger charge is 2.51. The maximum Gasteiger partial charge on any atom is 0.417 e. The van der Waals surface area contributed by atoms with Crippen molar-refractivity contribution >= 4 is 12.0 Å². The lowest BCUT2D eigenvalue weighted by Crippen LogP contribution is -2.38. The minimum absolute atomic E-state index is 0.0478. The first-order chi connectivity index (χ1) is 12.8. The van der Waals surface area contributed by atoms with Gasteiger partial charge in [0.25, 0.3) is 0 Å². The number of benzene rings is 2. The minimum Gasteiger partial charge on any atom is -0.440 e. The third-order valence-corrected chi connectivity index (χ3v) is 5.27. The molecule has 4 nitrogen and oxygen atoms in total. The number of ether oxygens (including phenoxy) is 1. The molecule has 0 N–H and O–H groups in total. The fourth-order valence-electron chi connectivity index (χ4n) is 3.90. The number of carbonyl (C=O) groups excluding carboxylic acids is 2. The summed E-state index contributed by atoms with van der Waals surface area (Å²) in [7, 11) is 0. The third kappa shape index (κ3) is 3.90. The van der Waals surface area contributed by atoms with Gasteiger partial charge in [0, 0.05) is 6.42 Å². The molecular weight excluding hydrogens is 338 g/mol. The summed E-state index contributed by atoms with van der Waals surface area (Å²) in [6.45, 7) is 7.91. The molecular formula is C23H27NO3. The summed E-state index contributed by atoms with van der Waals surface area (Å²) in [6.07, 6.45) is -0.287. The van der Waals surface area contributed by atoms with Gasteiger partial charge < -0.3 is 4.74 Å². The van der Waals surface area contributed by atoms with Crippen LogP contribution in [0.15, 0.2) is 60.7 Å². The molecule has 1 aliphatic rings. The summed E-state index contributed by atoms with van der Waals surface area (Å²) in [4.78, 5) is 27.1. The molecule has 0 saturated carbocycles. The number of nitrogens with zero attached hydrogens (tertiary/aromatic N) is 1. The van der Waals surface area contributed by atoms with E-state index in [1.54, 1.807) is 0 Å². The topological polar surface area (TPSA) is 46.6 Å². The van der Waals surface area contributed by atoms with Gasteiger partial charge in [-0.15, -0.1) is 0 Å². The summed E-state index contributed by atoms with van der Waals surface area (Å²) in [5, 5.41) is 0. The summed E-state index contributed by atoms with van der Waals surface area (Å²) < 4.78 is 5.56. The number of rotatable bonds is 5. The normalized spacial score (nSPS) is 19.8. The lowest BCUT2D eigenvalue weighted by Gasteiger charge is -2.29. The molecule has 1 saturated heterocycles. The zero-order valence-electron chi connectivity index (χ0n) is 16.4. The van der Waals surface area contributed by atoms with Crippen LogP contribution in [0.3, 0.4) is 0 Å². The monoisotopic (exact) mass is 365 g/mol. The smallest absolute Gasteiger partial charge is 0.417 e. The number of cyclic esters (lactones) is 1. The van der Waals surface area contributed by atoms with Crippen LogP contribution in [0.4, 0.5) is 4.79 Å². The zero-order chi connectivity index (χ0) is 19.6. The molecule has 2 aromatic carbocycles. The van der Waals surface area contributed by atoms with E-state index in [0.29, 0.717) is 0 Å². The zero-order valence-corrected chi connectivity index (χ0v) is 16.4. The first-order valence-electron chi connectivity index (χ1n) is 9.46. The van der Waals surface area contributed by atoms with Crippen molar-refractivity contribution in [2.24, 2.45) is 5.92 Å². The fraction of sp³-hybridized carbons (Fsp3) is 0.391. The third-order valence-electron chi connectivity index (χ3n) is 5.27. The van der Waals surface area contributed by atoms with Gasteiger partial charge in [-0.25, -0.2) is 9.69 Å². The average molecular weight is 365 g/mol. The van der Waals surface area contributed by atoms with Crippen LogP contribution in [-0.4, -0.2) is 22.5 Å². The van der Waals surface area contributed by atoms with Crippen molar-refractivity contribution in [3.63, 3.8) is 0 Å². The molecule has 2 aromatic rings. The highest BCUT2D eigenvalue weighted by Crippen LogP contribution is 2.42. The van der Waals surface area contributed by atoms with Crippen LogP contribution in [-0.2, 0) is 9.53 Å². The second-order valence-electron chi connectivity index (χ2n) is 8.01. The Morgan fingerprint density at radius 1 is 1.04 bits per heavy atom. The molecule has 0 unspecified atom stereocenters. The minimum atomic E-state index is -0.770. The van der Waals surface area contributed by atoms with Gasteiger partial charge in [0.2, 0.25) is 5.91 Å². The molecule has 1 heterocycles. The molecule has 142 valence electrons. The quantitative estimate of drug-likeness (QED) is 0.721. The molecule has 4 heteroatoms. The van der Waals surface area contributed by atoms with E-state index in [4.69, 9.17) is 4.74 Å². The molecule has 1 aliphatic heterocycles. The van der Waals surface area contributed by atoms with Crippen LogP contribution in [0.2, 0.25) is 0 Å². The van der Waals surface area contributed by atoms with E-state index in [-0.39, 0.29) is 24.2 Å². The Labute approximate surface area is 161 Å². The largest absolute Gasteiger partial charge is 0.440 e. The molecule has 0 radical (unpaired) electrons. The van der Waals surface area contributed by atoms with Gasteiger partial charge in [0.05, 0.1) is 0 Å². The summed E-state index contributed by atoms with van der Waals surface area (Å²) in [5.74, 6) is 0.131. The van der Waals surface area contributed by atoms with Gasteiger partial charge in [-0.05, 0) is 36.8 Å². The first-order valence-corrected chi connectivity index (χ1v) is 9.46. The van der Waals surface area contributed by atoms with Gasteiger partial charge in [0.15, 0.2) is 0 Å². The summed E-state index contributed by atoms with van der Waals surface area (Å²) in [6, 6.07) is 19.2. The van der Waals surface area contributed by atoms with Gasteiger partial charge in [-0.3, -0.25) is 4.79 Å². The van der Waals surface area contributed by atoms with Crippen molar-refractivity contribution in [1.29, 1.82) is 0 Å². The number of imide groups is 1. The van der Waals surface area contributed by atoms with Gasteiger partial charge >= 0.3 is 6.09 Å². The van der Waals surface area contributed by atoms with Crippen LogP contribution < -0.4 is 0 Å². The van der Waals surface area contributed by atoms with Crippen LogP contribution >= 0.6 is 0 Å². The van der Waals surface area contributed by atoms with Crippen molar-refractivity contribution in [3.05, 3.63) is 71.8 Å². The van der Waals surface area contributed by atoms with E-state index in [1.165, 1.54) is 4.90 Å². The SMILES string of the molecule is CC(C)[C@@H](CC(=O)N1C(=O)OC(C)(C)[C@@H]1c1ccccc1)c1ccccc1. The van der Waals surface area contributed by atoms with Gasteiger partial charge in [-0.1, -0.05) is 74.5 Å². The Bertz CT molecular complexity index is 799. The summed E-state index contributed by atoms with van der Waals surface area (Å²) in [5.41, 5.74) is 1.25. The van der Waals surface area contributed by atoms with Crippen molar-refractivity contribution in [3.8, 4) is 0 Å². The predicted octanol–water partition coefficient (Wildman–Crippen LogP) is 5.32. The first kappa shape index (κ1) is 19.2. The average Bonchev–Trinajstić information content (AvgIpc) is 2.89. The second-order valence-corrected chi connectivity index (χ2v) is 8.01. The molecule has 0 aromatic heterocycles. The highest BCUT2D eigenvalue weighted by atomic mass is 16.6.